The highest BCUT2D eigenvalue weighted by Gasteiger charge is 2.37. The Morgan fingerprint density at radius 2 is 1.54 bits per heavy atom. The van der Waals surface area contributed by atoms with Gasteiger partial charge in [-0.2, -0.15) is 0 Å². The smallest absolute Gasteiger partial charge is 0.251 e. The number of benzene rings is 4. The summed E-state index contributed by atoms with van der Waals surface area (Å²) in [7, 11) is 3.62. The van der Waals surface area contributed by atoms with E-state index in [1.165, 1.54) is 0 Å². The number of hydrogen-bond acceptors (Lipinski definition) is 3. The van der Waals surface area contributed by atoms with Gasteiger partial charge < -0.3 is 14.2 Å². The molecule has 1 N–H and O–H groups in total. The van der Waals surface area contributed by atoms with Crippen molar-refractivity contribution in [2.24, 2.45) is 14.1 Å². The lowest BCUT2D eigenvalue weighted by molar-refractivity contribution is 0.117. The predicted molar refractivity (Wildman–Crippen MR) is 149 cm³/mol. The van der Waals surface area contributed by atoms with E-state index in [2.05, 4.69) is 23.2 Å². The summed E-state index contributed by atoms with van der Waals surface area (Å²) in [4.78, 5) is 17.3. The Morgan fingerprint density at radius 1 is 0.811 bits per heavy atom. The van der Waals surface area contributed by atoms with Crippen LogP contribution in [0.15, 0.2) is 108 Å². The number of nitrogens with zero attached hydrogens (tertiary/aromatic N) is 3. The lowest BCUT2D eigenvalue weighted by Crippen LogP contribution is -2.31. The lowest BCUT2D eigenvalue weighted by Gasteiger charge is -2.30. The molecule has 2 aromatic heterocycles. The minimum Gasteiger partial charge on any atom is -0.374 e. The molecule has 37 heavy (non-hydrogen) atoms. The zero-order valence-corrected chi connectivity index (χ0v) is 21.1. The molecule has 0 aliphatic carbocycles. The fourth-order valence-electron chi connectivity index (χ4n) is 5.23. The van der Waals surface area contributed by atoms with E-state index in [0.29, 0.717) is 21.8 Å². The molecule has 0 saturated heterocycles. The molecule has 0 fully saturated rings. The van der Waals surface area contributed by atoms with Crippen LogP contribution in [0, 0.1) is 0 Å². The van der Waals surface area contributed by atoms with Crippen molar-refractivity contribution in [1.29, 1.82) is 0 Å². The van der Waals surface area contributed by atoms with Gasteiger partial charge in [-0.05, 0) is 57.3 Å². The number of aryl methyl sites for hydroxylation is 2. The fourth-order valence-corrected chi connectivity index (χ4v) is 5.35. The van der Waals surface area contributed by atoms with Crippen LogP contribution < -0.4 is 5.56 Å². The molecular formula is C31H24ClN3O2. The molecule has 0 aliphatic heterocycles. The van der Waals surface area contributed by atoms with Crippen LogP contribution in [0.5, 0.6) is 0 Å². The third-order valence-corrected chi connectivity index (χ3v) is 7.45. The Hall–Kier alpha value is -4.19. The summed E-state index contributed by atoms with van der Waals surface area (Å²) in [5, 5.41) is 16.0. The first-order valence-corrected chi connectivity index (χ1v) is 12.3. The lowest BCUT2D eigenvalue weighted by atomic mass is 9.82. The molecule has 4 aromatic carbocycles. The van der Waals surface area contributed by atoms with Gasteiger partial charge in [0.15, 0.2) is 5.60 Å². The Morgan fingerprint density at radius 3 is 2.30 bits per heavy atom. The van der Waals surface area contributed by atoms with Crippen LogP contribution in [-0.2, 0) is 19.7 Å². The molecule has 1 unspecified atom stereocenters. The number of halogens is 1. The van der Waals surface area contributed by atoms with E-state index in [1.54, 1.807) is 42.3 Å². The van der Waals surface area contributed by atoms with Gasteiger partial charge in [-0.3, -0.25) is 4.79 Å². The zero-order valence-electron chi connectivity index (χ0n) is 20.4. The third-order valence-electron chi connectivity index (χ3n) is 7.19. The summed E-state index contributed by atoms with van der Waals surface area (Å²) < 4.78 is 3.45. The van der Waals surface area contributed by atoms with Gasteiger partial charge in [0.25, 0.3) is 5.56 Å². The van der Waals surface area contributed by atoms with E-state index >= 15 is 0 Å². The first-order chi connectivity index (χ1) is 17.9. The van der Waals surface area contributed by atoms with Crippen LogP contribution in [0.2, 0.25) is 5.02 Å². The second-order valence-electron chi connectivity index (χ2n) is 9.32. The van der Waals surface area contributed by atoms with Crippen molar-refractivity contribution in [3.63, 3.8) is 0 Å². The van der Waals surface area contributed by atoms with Gasteiger partial charge in [0, 0.05) is 30.6 Å². The maximum absolute atomic E-state index is 13.0. The average molecular weight is 506 g/mol. The monoisotopic (exact) mass is 505 g/mol. The largest absolute Gasteiger partial charge is 0.374 e. The van der Waals surface area contributed by atoms with E-state index in [1.807, 2.05) is 66.2 Å². The third kappa shape index (κ3) is 3.67. The van der Waals surface area contributed by atoms with Crippen molar-refractivity contribution in [2.45, 2.75) is 5.60 Å². The van der Waals surface area contributed by atoms with Crippen molar-refractivity contribution in [1.82, 2.24) is 14.1 Å². The first-order valence-electron chi connectivity index (χ1n) is 12.0. The first kappa shape index (κ1) is 23.2. The number of pyridine rings is 1. The van der Waals surface area contributed by atoms with Gasteiger partial charge in [0.1, 0.15) is 0 Å². The average Bonchev–Trinajstić information content (AvgIpc) is 3.36. The van der Waals surface area contributed by atoms with E-state index in [0.717, 1.165) is 32.8 Å². The second-order valence-corrected chi connectivity index (χ2v) is 9.76. The molecule has 6 heteroatoms. The summed E-state index contributed by atoms with van der Waals surface area (Å²) in [6.45, 7) is 0. The van der Waals surface area contributed by atoms with Gasteiger partial charge in [-0.25, -0.2) is 4.98 Å². The molecule has 6 rings (SSSR count). The van der Waals surface area contributed by atoms with E-state index in [9.17, 15) is 9.90 Å². The molecular weight excluding hydrogens is 482 g/mol. The van der Waals surface area contributed by atoms with Gasteiger partial charge >= 0.3 is 0 Å². The van der Waals surface area contributed by atoms with E-state index in [4.69, 9.17) is 11.6 Å². The van der Waals surface area contributed by atoms with Crippen LogP contribution in [0.4, 0.5) is 0 Å². The molecule has 0 radical (unpaired) electrons. The summed E-state index contributed by atoms with van der Waals surface area (Å²) in [5.74, 6) is 0. The van der Waals surface area contributed by atoms with Gasteiger partial charge in [0.2, 0.25) is 0 Å². The Kier molecular flexibility index (Phi) is 5.48. The molecule has 0 spiro atoms. The SMILES string of the molecule is Cn1cncc1C(O)(c1ccc(Cl)cc1)c1ccc2c(c1)c(-c1cccc3ccccc13)cc(=O)n2C. The Balaban J connectivity index is 1.69. The molecule has 1 atom stereocenters. The summed E-state index contributed by atoms with van der Waals surface area (Å²) in [5.41, 5.74) is 2.90. The van der Waals surface area contributed by atoms with Crippen molar-refractivity contribution in [3.8, 4) is 11.1 Å². The van der Waals surface area contributed by atoms with Crippen molar-refractivity contribution < 1.29 is 5.11 Å². The summed E-state index contributed by atoms with van der Waals surface area (Å²) in [6, 6.07) is 28.9. The fraction of sp³-hybridized carbons (Fsp3) is 0.0968. The molecule has 0 saturated carbocycles. The highest BCUT2D eigenvalue weighted by molar-refractivity contribution is 6.30. The van der Waals surface area contributed by atoms with Gasteiger partial charge in [-0.15, -0.1) is 0 Å². The van der Waals surface area contributed by atoms with E-state index < -0.39 is 5.60 Å². The summed E-state index contributed by atoms with van der Waals surface area (Å²) in [6.07, 6.45) is 3.34. The Labute approximate surface area is 218 Å². The molecule has 0 aliphatic rings. The highest BCUT2D eigenvalue weighted by Crippen LogP contribution is 2.40. The van der Waals surface area contributed by atoms with Crippen molar-refractivity contribution in [2.75, 3.05) is 0 Å². The summed E-state index contributed by atoms with van der Waals surface area (Å²) >= 11 is 6.18. The minimum absolute atomic E-state index is 0.0946. The molecule has 0 amide bonds. The minimum atomic E-state index is -1.51. The normalized spacial score (nSPS) is 13.2. The number of rotatable bonds is 4. The standard InChI is InChI=1S/C31H24ClN3O2/c1-34-19-33-18-29(34)31(37,21-10-13-23(32)14-11-21)22-12-15-28-27(16-22)26(17-30(36)35(28)2)25-9-5-7-20-6-3-4-8-24(20)25/h3-19,37H,1-2H3. The quantitative estimate of drug-likeness (QED) is 0.318. The predicted octanol–water partition coefficient (Wildman–Crippen LogP) is 6.03. The second kappa shape index (κ2) is 8.73. The van der Waals surface area contributed by atoms with Crippen LogP contribution in [0.25, 0.3) is 32.8 Å². The van der Waals surface area contributed by atoms with Crippen molar-refractivity contribution >= 4 is 33.3 Å². The molecule has 6 aromatic rings. The van der Waals surface area contributed by atoms with E-state index in [-0.39, 0.29) is 5.56 Å². The molecule has 0 bridgehead atoms. The van der Waals surface area contributed by atoms with Crippen molar-refractivity contribution in [3.05, 3.63) is 136 Å². The van der Waals surface area contributed by atoms with Crippen LogP contribution in [0.3, 0.4) is 0 Å². The Bertz CT molecular complexity index is 1850. The van der Waals surface area contributed by atoms with Gasteiger partial charge in [0.05, 0.1) is 23.7 Å². The van der Waals surface area contributed by atoms with Crippen LogP contribution in [-0.4, -0.2) is 19.2 Å². The number of aliphatic hydroxyl groups is 1. The van der Waals surface area contributed by atoms with Crippen LogP contribution >= 0.6 is 11.6 Å². The number of aromatic nitrogens is 3. The molecule has 5 nitrogen and oxygen atoms in total. The molecule has 182 valence electrons. The number of fused-ring (bicyclic) bond motifs is 2. The molecule has 2 heterocycles. The maximum atomic E-state index is 13.0. The maximum Gasteiger partial charge on any atom is 0.251 e. The van der Waals surface area contributed by atoms with Gasteiger partial charge in [-0.1, -0.05) is 72.3 Å². The topological polar surface area (TPSA) is 60.0 Å². The van der Waals surface area contributed by atoms with Crippen LogP contribution in [0.1, 0.15) is 16.8 Å². The number of hydrogen-bond donors (Lipinski definition) is 1. The number of imidazole rings is 1. The zero-order chi connectivity index (χ0) is 25.7. The highest BCUT2D eigenvalue weighted by atomic mass is 35.5.